The molecule has 1 aromatic rings. The maximum atomic E-state index is 12.3. The van der Waals surface area contributed by atoms with Crippen molar-refractivity contribution in [3.05, 3.63) is 35.9 Å². The average molecular weight is 286 g/mol. The Bertz CT molecular complexity index is 527. The summed E-state index contributed by atoms with van der Waals surface area (Å²) in [5.74, 6) is 5.01. The van der Waals surface area contributed by atoms with Crippen LogP contribution in [-0.4, -0.2) is 18.5 Å². The predicted octanol–water partition coefficient (Wildman–Crippen LogP) is 2.03. The van der Waals surface area contributed by atoms with Crippen LogP contribution in [0, 0.1) is 17.8 Å². The van der Waals surface area contributed by atoms with Crippen molar-refractivity contribution >= 4 is 11.8 Å². The number of rotatable bonds is 6. The van der Waals surface area contributed by atoms with Gasteiger partial charge in [0.1, 0.15) is 0 Å². The van der Waals surface area contributed by atoms with E-state index in [-0.39, 0.29) is 36.7 Å². The minimum atomic E-state index is -0.224. The van der Waals surface area contributed by atoms with E-state index in [2.05, 4.69) is 22.5 Å². The van der Waals surface area contributed by atoms with E-state index >= 15 is 0 Å². The van der Waals surface area contributed by atoms with Crippen LogP contribution in [0.1, 0.15) is 38.7 Å². The second-order valence-electron chi connectivity index (χ2n) is 5.05. The molecule has 0 saturated heterocycles. The number of nitrogens with one attached hydrogen (secondary N) is 2. The monoisotopic (exact) mass is 286 g/mol. The SMILES string of the molecule is CC#CCC(=O)NCNC(=O)[C@H](c1ccccc1)C(C)C. The highest BCUT2D eigenvalue weighted by Gasteiger charge is 2.23. The quantitative estimate of drug-likeness (QED) is 0.621. The smallest absolute Gasteiger partial charge is 0.233 e. The lowest BCUT2D eigenvalue weighted by Crippen LogP contribution is -2.40. The molecular formula is C17H22N2O2. The summed E-state index contributed by atoms with van der Waals surface area (Å²) in [6.07, 6.45) is 0.151. The van der Waals surface area contributed by atoms with Crippen molar-refractivity contribution in [1.29, 1.82) is 0 Å². The highest BCUT2D eigenvalue weighted by molar-refractivity contribution is 5.84. The molecule has 0 saturated carbocycles. The molecule has 2 amide bonds. The van der Waals surface area contributed by atoms with Gasteiger partial charge in [-0.05, 0) is 18.4 Å². The number of carbonyl (C=O) groups excluding carboxylic acids is 2. The van der Waals surface area contributed by atoms with Crippen LogP contribution in [-0.2, 0) is 9.59 Å². The van der Waals surface area contributed by atoms with Crippen LogP contribution < -0.4 is 10.6 Å². The van der Waals surface area contributed by atoms with Crippen LogP contribution in [0.25, 0.3) is 0 Å². The lowest BCUT2D eigenvalue weighted by Gasteiger charge is -2.20. The molecule has 0 unspecified atom stereocenters. The molecule has 0 aliphatic rings. The van der Waals surface area contributed by atoms with Crippen LogP contribution in [0.5, 0.6) is 0 Å². The second-order valence-corrected chi connectivity index (χ2v) is 5.05. The number of amides is 2. The first-order valence-corrected chi connectivity index (χ1v) is 7.05. The van der Waals surface area contributed by atoms with E-state index in [1.165, 1.54) is 0 Å². The molecule has 2 N–H and O–H groups in total. The first-order chi connectivity index (χ1) is 10.1. The van der Waals surface area contributed by atoms with Crippen molar-refractivity contribution in [2.75, 3.05) is 6.67 Å². The zero-order valence-corrected chi connectivity index (χ0v) is 12.8. The van der Waals surface area contributed by atoms with Crippen LogP contribution in [0.2, 0.25) is 0 Å². The molecule has 4 heteroatoms. The van der Waals surface area contributed by atoms with E-state index in [0.29, 0.717) is 0 Å². The molecule has 1 rings (SSSR count). The van der Waals surface area contributed by atoms with Gasteiger partial charge in [0.05, 0.1) is 19.0 Å². The van der Waals surface area contributed by atoms with E-state index in [1.54, 1.807) is 6.92 Å². The minimum Gasteiger partial charge on any atom is -0.338 e. The Labute approximate surface area is 126 Å². The molecule has 0 heterocycles. The summed E-state index contributed by atoms with van der Waals surface area (Å²) in [5.41, 5.74) is 0.980. The molecule has 21 heavy (non-hydrogen) atoms. The molecule has 0 spiro atoms. The Morgan fingerprint density at radius 1 is 1.14 bits per heavy atom. The fourth-order valence-corrected chi connectivity index (χ4v) is 2.07. The van der Waals surface area contributed by atoms with Crippen molar-refractivity contribution in [3.63, 3.8) is 0 Å². The van der Waals surface area contributed by atoms with Gasteiger partial charge in [0, 0.05) is 0 Å². The Balaban J connectivity index is 2.55. The molecule has 0 aliphatic carbocycles. The Morgan fingerprint density at radius 3 is 2.38 bits per heavy atom. The molecule has 0 bridgehead atoms. The number of hydrogen-bond acceptors (Lipinski definition) is 2. The van der Waals surface area contributed by atoms with Crippen molar-refractivity contribution in [3.8, 4) is 11.8 Å². The maximum Gasteiger partial charge on any atom is 0.233 e. The fraction of sp³-hybridized carbons (Fsp3) is 0.412. The van der Waals surface area contributed by atoms with Gasteiger partial charge in [0.15, 0.2) is 0 Å². The van der Waals surface area contributed by atoms with E-state index < -0.39 is 0 Å². The largest absolute Gasteiger partial charge is 0.338 e. The summed E-state index contributed by atoms with van der Waals surface area (Å²) in [7, 11) is 0. The minimum absolute atomic E-state index is 0.0851. The van der Waals surface area contributed by atoms with Gasteiger partial charge in [0.2, 0.25) is 11.8 Å². The average Bonchev–Trinajstić information content (AvgIpc) is 2.46. The van der Waals surface area contributed by atoms with Crippen molar-refractivity contribution in [1.82, 2.24) is 10.6 Å². The van der Waals surface area contributed by atoms with Gasteiger partial charge in [0.25, 0.3) is 0 Å². The van der Waals surface area contributed by atoms with Gasteiger partial charge in [-0.25, -0.2) is 0 Å². The summed E-state index contributed by atoms with van der Waals surface area (Å²) in [5, 5.41) is 5.37. The summed E-state index contributed by atoms with van der Waals surface area (Å²) in [6, 6.07) is 9.65. The van der Waals surface area contributed by atoms with Crippen molar-refractivity contribution < 1.29 is 9.59 Å². The lowest BCUT2D eigenvalue weighted by atomic mass is 9.88. The number of benzene rings is 1. The summed E-state index contributed by atoms with van der Waals surface area (Å²) in [6.45, 7) is 5.82. The van der Waals surface area contributed by atoms with E-state index in [1.807, 2.05) is 44.2 Å². The van der Waals surface area contributed by atoms with Crippen LogP contribution >= 0.6 is 0 Å². The zero-order valence-electron chi connectivity index (χ0n) is 12.8. The first-order valence-electron chi connectivity index (χ1n) is 7.05. The van der Waals surface area contributed by atoms with Gasteiger partial charge in [-0.15, -0.1) is 5.92 Å². The Morgan fingerprint density at radius 2 is 1.81 bits per heavy atom. The summed E-state index contributed by atoms with van der Waals surface area (Å²) >= 11 is 0. The first kappa shape index (κ1) is 16.8. The topological polar surface area (TPSA) is 58.2 Å². The Kier molecular flexibility index (Phi) is 7.03. The van der Waals surface area contributed by atoms with E-state index in [9.17, 15) is 9.59 Å². The van der Waals surface area contributed by atoms with Gasteiger partial charge < -0.3 is 10.6 Å². The molecule has 1 atom stereocenters. The highest BCUT2D eigenvalue weighted by Crippen LogP contribution is 2.24. The molecular weight excluding hydrogens is 264 g/mol. The second kappa shape index (κ2) is 8.80. The van der Waals surface area contributed by atoms with Gasteiger partial charge in [-0.1, -0.05) is 50.1 Å². The normalized spacial score (nSPS) is 11.2. The maximum absolute atomic E-state index is 12.3. The molecule has 0 fully saturated rings. The standard InChI is InChI=1S/C17H22N2O2/c1-4-5-11-15(20)18-12-19-17(21)16(13(2)3)14-9-7-6-8-10-14/h6-10,13,16H,11-12H2,1-3H3,(H,18,20)(H,19,21)/t16-/m0/s1. The van der Waals surface area contributed by atoms with Crippen LogP contribution in [0.4, 0.5) is 0 Å². The van der Waals surface area contributed by atoms with Gasteiger partial charge in [-0.3, -0.25) is 9.59 Å². The molecule has 1 aromatic carbocycles. The fourth-order valence-electron chi connectivity index (χ4n) is 2.07. The number of carbonyl (C=O) groups is 2. The molecule has 0 aliphatic heterocycles. The molecule has 4 nitrogen and oxygen atoms in total. The third-order valence-corrected chi connectivity index (χ3v) is 3.08. The Hall–Kier alpha value is -2.28. The van der Waals surface area contributed by atoms with Gasteiger partial charge >= 0.3 is 0 Å². The zero-order chi connectivity index (χ0) is 15.7. The number of hydrogen-bond donors (Lipinski definition) is 2. The third kappa shape index (κ3) is 5.70. The highest BCUT2D eigenvalue weighted by atomic mass is 16.2. The third-order valence-electron chi connectivity index (χ3n) is 3.08. The van der Waals surface area contributed by atoms with Crippen molar-refractivity contribution in [2.24, 2.45) is 5.92 Å². The lowest BCUT2D eigenvalue weighted by molar-refractivity contribution is -0.124. The molecule has 112 valence electrons. The molecule has 0 radical (unpaired) electrons. The summed E-state index contributed by atoms with van der Waals surface area (Å²) < 4.78 is 0. The predicted molar refractivity (Wildman–Crippen MR) is 83.2 cm³/mol. The van der Waals surface area contributed by atoms with E-state index in [4.69, 9.17) is 0 Å². The summed E-state index contributed by atoms with van der Waals surface area (Å²) in [4.78, 5) is 23.7. The van der Waals surface area contributed by atoms with Gasteiger partial charge in [-0.2, -0.15) is 0 Å². The molecule has 0 aromatic heterocycles. The van der Waals surface area contributed by atoms with Crippen LogP contribution in [0.3, 0.4) is 0 Å². The van der Waals surface area contributed by atoms with Crippen LogP contribution in [0.15, 0.2) is 30.3 Å². The van der Waals surface area contributed by atoms with Crippen molar-refractivity contribution in [2.45, 2.75) is 33.1 Å². The van der Waals surface area contributed by atoms with E-state index in [0.717, 1.165) is 5.56 Å².